The molecular weight excluding hydrogens is 362 g/mol. The van der Waals surface area contributed by atoms with Crippen LogP contribution in [0.5, 0.6) is 0 Å². The van der Waals surface area contributed by atoms with Gasteiger partial charge in [-0.1, -0.05) is 0 Å². The monoisotopic (exact) mass is 375 g/mol. The molecule has 1 heterocycles. The van der Waals surface area contributed by atoms with Crippen molar-refractivity contribution in [2.24, 2.45) is 0 Å². The molecule has 0 bridgehead atoms. The van der Waals surface area contributed by atoms with E-state index in [4.69, 9.17) is 4.74 Å². The van der Waals surface area contributed by atoms with Crippen LogP contribution in [-0.4, -0.2) is 30.3 Å². The van der Waals surface area contributed by atoms with Crippen LogP contribution in [0.1, 0.15) is 17.9 Å². The van der Waals surface area contributed by atoms with Crippen LogP contribution in [-0.2, 0) is 17.8 Å². The van der Waals surface area contributed by atoms with Crippen LogP contribution in [0.25, 0.3) is 0 Å². The van der Waals surface area contributed by atoms with Gasteiger partial charge in [0.1, 0.15) is 11.6 Å². The van der Waals surface area contributed by atoms with Crippen LogP contribution in [0.2, 0.25) is 0 Å². The molecule has 0 unspecified atom stereocenters. The first-order valence-corrected chi connectivity index (χ1v) is 6.24. The summed E-state index contributed by atoms with van der Waals surface area (Å²) in [5, 5.41) is 2.84. The SMILES string of the molecule is CNc1nc(CCC(F)(F)F)nc(COC)c1I. The molecule has 0 fully saturated rings. The van der Waals surface area contributed by atoms with E-state index in [0.717, 1.165) is 3.57 Å². The lowest BCUT2D eigenvalue weighted by Crippen LogP contribution is -2.13. The first-order valence-electron chi connectivity index (χ1n) is 5.16. The van der Waals surface area contributed by atoms with Crippen molar-refractivity contribution in [3.05, 3.63) is 15.1 Å². The molecule has 0 aliphatic heterocycles. The van der Waals surface area contributed by atoms with Crippen LogP contribution in [0.4, 0.5) is 19.0 Å². The van der Waals surface area contributed by atoms with Gasteiger partial charge < -0.3 is 10.1 Å². The van der Waals surface area contributed by atoms with E-state index in [1.165, 1.54) is 7.11 Å². The number of aromatic nitrogens is 2. The van der Waals surface area contributed by atoms with Gasteiger partial charge in [-0.2, -0.15) is 13.2 Å². The number of rotatable bonds is 5. The minimum Gasteiger partial charge on any atom is -0.378 e. The number of methoxy groups -OCH3 is 1. The first kappa shape index (κ1) is 15.4. The quantitative estimate of drug-likeness (QED) is 0.805. The van der Waals surface area contributed by atoms with Crippen molar-refractivity contribution < 1.29 is 17.9 Å². The molecule has 8 heteroatoms. The molecule has 1 rings (SSSR count). The van der Waals surface area contributed by atoms with Crippen LogP contribution < -0.4 is 5.32 Å². The molecule has 1 aromatic heterocycles. The van der Waals surface area contributed by atoms with Crippen molar-refractivity contribution >= 4 is 28.4 Å². The van der Waals surface area contributed by atoms with E-state index in [1.807, 2.05) is 22.6 Å². The lowest BCUT2D eigenvalue weighted by molar-refractivity contribution is -0.134. The second-order valence-corrected chi connectivity index (χ2v) is 4.63. The zero-order chi connectivity index (χ0) is 13.8. The normalized spacial score (nSPS) is 11.7. The smallest absolute Gasteiger partial charge is 0.378 e. The summed E-state index contributed by atoms with van der Waals surface area (Å²) in [6.45, 7) is 0.245. The minimum absolute atomic E-state index is 0.171. The van der Waals surface area contributed by atoms with E-state index in [9.17, 15) is 13.2 Å². The fraction of sp³-hybridized carbons (Fsp3) is 0.600. The highest BCUT2D eigenvalue weighted by Gasteiger charge is 2.27. The fourth-order valence-corrected chi connectivity index (χ4v) is 1.97. The summed E-state index contributed by atoms with van der Waals surface area (Å²) in [7, 11) is 3.17. The topological polar surface area (TPSA) is 47.0 Å². The highest BCUT2D eigenvalue weighted by atomic mass is 127. The zero-order valence-corrected chi connectivity index (χ0v) is 12.1. The van der Waals surface area contributed by atoms with Gasteiger partial charge in [0.2, 0.25) is 0 Å². The Morgan fingerprint density at radius 3 is 2.50 bits per heavy atom. The Hall–Kier alpha value is -0.640. The van der Waals surface area contributed by atoms with Crippen molar-refractivity contribution in [3.8, 4) is 0 Å². The Morgan fingerprint density at radius 2 is 2.00 bits per heavy atom. The van der Waals surface area contributed by atoms with Gasteiger partial charge in [-0.25, -0.2) is 9.97 Å². The molecule has 0 aliphatic carbocycles. The number of aryl methyl sites for hydroxylation is 1. The molecule has 102 valence electrons. The first-order chi connectivity index (χ1) is 8.37. The summed E-state index contributed by atoms with van der Waals surface area (Å²) in [4.78, 5) is 8.14. The second-order valence-electron chi connectivity index (χ2n) is 3.55. The Kier molecular flexibility index (Phi) is 5.57. The molecule has 0 amide bonds. The Morgan fingerprint density at radius 1 is 1.33 bits per heavy atom. The molecule has 0 aromatic carbocycles. The van der Waals surface area contributed by atoms with Crippen molar-refractivity contribution in [2.45, 2.75) is 25.6 Å². The van der Waals surface area contributed by atoms with Crippen LogP contribution in [0.3, 0.4) is 0 Å². The predicted molar refractivity (Wildman–Crippen MR) is 69.4 cm³/mol. The highest BCUT2D eigenvalue weighted by Crippen LogP contribution is 2.24. The number of nitrogens with one attached hydrogen (secondary N) is 1. The third-order valence-electron chi connectivity index (χ3n) is 2.12. The van der Waals surface area contributed by atoms with E-state index in [0.29, 0.717) is 11.5 Å². The molecule has 0 radical (unpaired) electrons. The minimum atomic E-state index is -4.20. The number of halogens is 4. The standard InChI is InChI=1S/C10H13F3IN3O/c1-15-9-8(14)6(5-18-2)16-7(17-9)3-4-10(11,12)13/h3-5H2,1-2H3,(H,15,16,17). The van der Waals surface area contributed by atoms with Gasteiger partial charge in [-0.05, 0) is 22.6 Å². The molecule has 1 aromatic rings. The molecule has 0 aliphatic rings. The lowest BCUT2D eigenvalue weighted by Gasteiger charge is -2.11. The number of anilines is 1. The summed E-state index contributed by atoms with van der Waals surface area (Å²) >= 11 is 2.04. The molecular formula is C10H13F3IN3O. The molecule has 18 heavy (non-hydrogen) atoms. The van der Waals surface area contributed by atoms with Crippen LogP contribution in [0, 0.1) is 3.57 Å². The molecule has 0 atom stereocenters. The molecule has 0 saturated carbocycles. The third kappa shape index (κ3) is 4.56. The van der Waals surface area contributed by atoms with Crippen LogP contribution in [0.15, 0.2) is 0 Å². The maximum atomic E-state index is 12.2. The van der Waals surface area contributed by atoms with Crippen molar-refractivity contribution in [3.63, 3.8) is 0 Å². The average Bonchev–Trinajstić information content (AvgIpc) is 2.29. The lowest BCUT2D eigenvalue weighted by atomic mass is 10.2. The van der Waals surface area contributed by atoms with E-state index in [1.54, 1.807) is 7.05 Å². The highest BCUT2D eigenvalue weighted by molar-refractivity contribution is 14.1. The van der Waals surface area contributed by atoms with Gasteiger partial charge in [0.05, 0.1) is 22.3 Å². The third-order valence-corrected chi connectivity index (χ3v) is 3.25. The van der Waals surface area contributed by atoms with Gasteiger partial charge in [0.15, 0.2) is 0 Å². The summed E-state index contributed by atoms with van der Waals surface area (Å²) in [6.07, 6.45) is -5.36. The number of hydrogen-bond acceptors (Lipinski definition) is 4. The van der Waals surface area contributed by atoms with E-state index in [-0.39, 0.29) is 18.9 Å². The van der Waals surface area contributed by atoms with Crippen molar-refractivity contribution in [2.75, 3.05) is 19.5 Å². The number of hydrogen-bond donors (Lipinski definition) is 1. The van der Waals surface area contributed by atoms with E-state index in [2.05, 4.69) is 15.3 Å². The Bertz CT molecular complexity index is 412. The van der Waals surface area contributed by atoms with Gasteiger partial charge in [0.25, 0.3) is 0 Å². The van der Waals surface area contributed by atoms with Gasteiger partial charge in [-0.15, -0.1) is 0 Å². The maximum absolute atomic E-state index is 12.2. The van der Waals surface area contributed by atoms with Crippen molar-refractivity contribution in [1.29, 1.82) is 0 Å². The Balaban J connectivity index is 2.95. The predicted octanol–water partition coefficient (Wildman–Crippen LogP) is 2.76. The second kappa shape index (κ2) is 6.50. The fourth-order valence-electron chi connectivity index (χ4n) is 1.31. The number of alkyl halides is 3. The Labute approximate surface area is 116 Å². The summed E-state index contributed by atoms with van der Waals surface area (Å²) in [5.74, 6) is 0.693. The molecule has 0 spiro atoms. The molecule has 4 nitrogen and oxygen atoms in total. The van der Waals surface area contributed by atoms with Crippen molar-refractivity contribution in [1.82, 2.24) is 9.97 Å². The largest absolute Gasteiger partial charge is 0.389 e. The molecule has 1 N–H and O–H groups in total. The number of ether oxygens (including phenoxy) is 1. The van der Waals surface area contributed by atoms with E-state index >= 15 is 0 Å². The van der Waals surface area contributed by atoms with Gasteiger partial charge >= 0.3 is 6.18 Å². The molecule has 0 saturated heterocycles. The summed E-state index contributed by atoms with van der Waals surface area (Å²) in [5.41, 5.74) is 0.592. The van der Waals surface area contributed by atoms with Gasteiger partial charge in [0, 0.05) is 20.6 Å². The summed E-state index contributed by atoms with van der Waals surface area (Å²) < 4.78 is 42.2. The number of nitrogens with zero attached hydrogens (tertiary/aromatic N) is 2. The average molecular weight is 375 g/mol. The zero-order valence-electron chi connectivity index (χ0n) is 9.94. The maximum Gasteiger partial charge on any atom is 0.389 e. The van der Waals surface area contributed by atoms with Crippen LogP contribution >= 0.6 is 22.6 Å². The van der Waals surface area contributed by atoms with E-state index < -0.39 is 12.6 Å². The summed E-state index contributed by atoms with van der Waals surface area (Å²) in [6, 6.07) is 0. The van der Waals surface area contributed by atoms with Gasteiger partial charge in [-0.3, -0.25) is 0 Å².